The molecular formula is C58H36N2OS. The Morgan fingerprint density at radius 2 is 1.06 bits per heavy atom. The lowest BCUT2D eigenvalue weighted by molar-refractivity contribution is 0.672. The number of fused-ring (bicyclic) bond motifs is 11. The molecule has 0 unspecified atom stereocenters. The number of rotatable bonds is 6. The zero-order valence-corrected chi connectivity index (χ0v) is 34.3. The molecule has 0 saturated heterocycles. The lowest BCUT2D eigenvalue weighted by atomic mass is 9.98. The van der Waals surface area contributed by atoms with Crippen LogP contribution in [0.4, 0.5) is 17.1 Å². The van der Waals surface area contributed by atoms with Gasteiger partial charge in [-0.05, 0) is 107 Å². The van der Waals surface area contributed by atoms with E-state index < -0.39 is 0 Å². The fourth-order valence-corrected chi connectivity index (χ4v) is 11.0. The fourth-order valence-electron chi connectivity index (χ4n) is 9.81. The van der Waals surface area contributed by atoms with E-state index in [1.807, 2.05) is 11.3 Å². The number of benzene rings is 10. The molecule has 290 valence electrons. The summed E-state index contributed by atoms with van der Waals surface area (Å²) in [5, 5.41) is 9.55. The molecule has 0 bridgehead atoms. The van der Waals surface area contributed by atoms with Crippen LogP contribution in [0.2, 0.25) is 0 Å². The van der Waals surface area contributed by atoms with Gasteiger partial charge in [0, 0.05) is 58.8 Å². The van der Waals surface area contributed by atoms with Crippen LogP contribution in [-0.4, -0.2) is 4.57 Å². The van der Waals surface area contributed by atoms with E-state index in [1.165, 1.54) is 53.1 Å². The molecule has 0 fully saturated rings. The molecular weight excluding hydrogens is 773 g/mol. The number of nitrogens with zero attached hydrogens (tertiary/aromatic N) is 2. The van der Waals surface area contributed by atoms with Gasteiger partial charge in [-0.3, -0.25) is 0 Å². The van der Waals surface area contributed by atoms with Crippen molar-refractivity contribution < 1.29 is 4.42 Å². The monoisotopic (exact) mass is 808 g/mol. The second-order valence-corrected chi connectivity index (χ2v) is 17.1. The van der Waals surface area contributed by atoms with E-state index in [0.717, 1.165) is 66.6 Å². The van der Waals surface area contributed by atoms with E-state index in [-0.39, 0.29) is 0 Å². The molecule has 0 N–H and O–H groups in total. The van der Waals surface area contributed by atoms with Crippen molar-refractivity contribution in [3.05, 3.63) is 218 Å². The minimum absolute atomic E-state index is 0.861. The van der Waals surface area contributed by atoms with Crippen molar-refractivity contribution in [2.75, 3.05) is 4.90 Å². The van der Waals surface area contributed by atoms with E-state index in [0.29, 0.717) is 0 Å². The molecule has 0 amide bonds. The summed E-state index contributed by atoms with van der Waals surface area (Å²) in [6, 6.07) is 79.2. The normalized spacial score (nSPS) is 11.9. The zero-order valence-electron chi connectivity index (χ0n) is 33.5. The summed E-state index contributed by atoms with van der Waals surface area (Å²) in [5.41, 5.74) is 13.2. The minimum atomic E-state index is 0.861. The molecule has 0 aliphatic heterocycles. The van der Waals surface area contributed by atoms with Gasteiger partial charge in [0.25, 0.3) is 0 Å². The van der Waals surface area contributed by atoms with E-state index in [4.69, 9.17) is 4.42 Å². The van der Waals surface area contributed by atoms with Gasteiger partial charge in [0.2, 0.25) is 0 Å². The van der Waals surface area contributed by atoms with Crippen LogP contribution in [0.1, 0.15) is 0 Å². The third-order valence-corrected chi connectivity index (χ3v) is 13.7. The average molecular weight is 809 g/mol. The van der Waals surface area contributed by atoms with Gasteiger partial charge in [-0.2, -0.15) is 0 Å². The first-order valence-corrected chi connectivity index (χ1v) is 21.9. The smallest absolute Gasteiger partial charge is 0.143 e. The van der Waals surface area contributed by atoms with Crippen LogP contribution < -0.4 is 4.90 Å². The third-order valence-electron chi connectivity index (χ3n) is 12.5. The SMILES string of the molecule is c1ccc(-n2c3ccccc3c3c(-c4cccc(N(c5cccc(-c6ccc7c(c6)sc6ccccc67)c5)c5cccc6oc7c8ccccc8ccc7c56)c4)cccc32)cc1. The average Bonchev–Trinajstić information content (AvgIpc) is 4.02. The molecule has 0 saturated carbocycles. The molecule has 4 heteroatoms. The first kappa shape index (κ1) is 34.9. The topological polar surface area (TPSA) is 21.3 Å². The summed E-state index contributed by atoms with van der Waals surface area (Å²) in [5.74, 6) is 0. The zero-order chi connectivity index (χ0) is 40.7. The highest BCUT2D eigenvalue weighted by Gasteiger charge is 2.22. The number of thiophene rings is 1. The molecule has 13 rings (SSSR count). The molecule has 3 nitrogen and oxygen atoms in total. The lowest BCUT2D eigenvalue weighted by Gasteiger charge is -2.27. The van der Waals surface area contributed by atoms with Crippen molar-refractivity contribution in [1.82, 2.24) is 4.57 Å². The Morgan fingerprint density at radius 1 is 0.403 bits per heavy atom. The first-order valence-electron chi connectivity index (χ1n) is 21.1. The summed E-state index contributed by atoms with van der Waals surface area (Å²) >= 11 is 1.86. The Hall–Kier alpha value is -7.92. The van der Waals surface area contributed by atoms with Crippen LogP contribution in [0.5, 0.6) is 0 Å². The van der Waals surface area contributed by atoms with Crippen LogP contribution in [0, 0.1) is 0 Å². The second kappa shape index (κ2) is 13.8. The van der Waals surface area contributed by atoms with Gasteiger partial charge < -0.3 is 13.9 Å². The molecule has 0 radical (unpaired) electrons. The van der Waals surface area contributed by atoms with Crippen molar-refractivity contribution in [3.63, 3.8) is 0 Å². The Labute approximate surface area is 361 Å². The number of furan rings is 1. The summed E-state index contributed by atoms with van der Waals surface area (Å²) in [6.07, 6.45) is 0. The molecule has 0 spiro atoms. The predicted octanol–water partition coefficient (Wildman–Crippen LogP) is 17.0. The third kappa shape index (κ3) is 5.37. The molecule has 3 heterocycles. The molecule has 10 aromatic carbocycles. The second-order valence-electron chi connectivity index (χ2n) is 16.0. The molecule has 0 atom stereocenters. The summed E-state index contributed by atoms with van der Waals surface area (Å²) in [7, 11) is 0. The van der Waals surface area contributed by atoms with E-state index >= 15 is 0 Å². The fraction of sp³-hybridized carbons (Fsp3) is 0. The van der Waals surface area contributed by atoms with Crippen LogP contribution in [-0.2, 0) is 0 Å². The maximum absolute atomic E-state index is 6.78. The lowest BCUT2D eigenvalue weighted by Crippen LogP contribution is -2.10. The first-order chi connectivity index (χ1) is 30.7. The summed E-state index contributed by atoms with van der Waals surface area (Å²) in [6.45, 7) is 0. The highest BCUT2D eigenvalue weighted by molar-refractivity contribution is 7.25. The molecule has 0 aliphatic rings. The van der Waals surface area contributed by atoms with Crippen molar-refractivity contribution in [2.24, 2.45) is 0 Å². The predicted molar refractivity (Wildman–Crippen MR) is 264 cm³/mol. The van der Waals surface area contributed by atoms with Crippen molar-refractivity contribution in [3.8, 4) is 27.9 Å². The highest BCUT2D eigenvalue weighted by atomic mass is 32.1. The van der Waals surface area contributed by atoms with Gasteiger partial charge in [0.05, 0.1) is 22.1 Å². The van der Waals surface area contributed by atoms with Gasteiger partial charge in [0.1, 0.15) is 11.2 Å². The van der Waals surface area contributed by atoms with Crippen molar-refractivity contribution >= 4 is 103 Å². The minimum Gasteiger partial charge on any atom is -0.455 e. The Morgan fingerprint density at radius 3 is 1.95 bits per heavy atom. The summed E-state index contributed by atoms with van der Waals surface area (Å²) < 4.78 is 11.8. The van der Waals surface area contributed by atoms with Gasteiger partial charge in [-0.25, -0.2) is 0 Å². The van der Waals surface area contributed by atoms with Gasteiger partial charge in [-0.1, -0.05) is 140 Å². The van der Waals surface area contributed by atoms with Crippen molar-refractivity contribution in [2.45, 2.75) is 0 Å². The van der Waals surface area contributed by atoms with Gasteiger partial charge in [0.15, 0.2) is 0 Å². The van der Waals surface area contributed by atoms with Crippen LogP contribution in [0.15, 0.2) is 223 Å². The maximum atomic E-state index is 6.78. The number of hydrogen-bond donors (Lipinski definition) is 0. The van der Waals surface area contributed by atoms with E-state index in [1.54, 1.807) is 0 Å². The van der Waals surface area contributed by atoms with Crippen LogP contribution in [0.3, 0.4) is 0 Å². The molecule has 3 aromatic heterocycles. The summed E-state index contributed by atoms with van der Waals surface area (Å²) in [4.78, 5) is 2.42. The van der Waals surface area contributed by atoms with Gasteiger partial charge in [-0.15, -0.1) is 11.3 Å². The molecule has 0 aliphatic carbocycles. The van der Waals surface area contributed by atoms with Crippen LogP contribution in [0.25, 0.3) is 103 Å². The standard InChI is InChI=1S/C58H36N2OS/c1-2-17-41(18-3-1)60-50-25-8-6-23-48(50)56-44(24-12-26-51(56)60)40-16-11-20-43(35-40)59(52-27-13-28-53-57(52)49-33-30-37-14-4-5-21-45(37)58(49)61-53)42-19-10-15-38(34-42)39-31-32-47-46-22-7-9-29-54(46)62-55(47)36-39/h1-36H. The number of aromatic nitrogens is 1. The Kier molecular flexibility index (Phi) is 7.78. The number of anilines is 3. The quantitative estimate of drug-likeness (QED) is 0.167. The Bertz CT molecular complexity index is 3890. The van der Waals surface area contributed by atoms with Crippen molar-refractivity contribution in [1.29, 1.82) is 0 Å². The number of hydrogen-bond acceptors (Lipinski definition) is 3. The largest absolute Gasteiger partial charge is 0.455 e. The highest BCUT2D eigenvalue weighted by Crippen LogP contribution is 2.47. The van der Waals surface area contributed by atoms with E-state index in [9.17, 15) is 0 Å². The maximum Gasteiger partial charge on any atom is 0.143 e. The number of para-hydroxylation sites is 2. The molecule has 13 aromatic rings. The molecule has 62 heavy (non-hydrogen) atoms. The van der Waals surface area contributed by atoms with Gasteiger partial charge >= 0.3 is 0 Å². The Balaban J connectivity index is 1.04. The van der Waals surface area contributed by atoms with E-state index in [2.05, 4.69) is 228 Å². The van der Waals surface area contributed by atoms with Crippen LogP contribution >= 0.6 is 11.3 Å².